The molecule has 6 heteroatoms. The summed E-state index contributed by atoms with van der Waals surface area (Å²) in [7, 11) is 0. The maximum absolute atomic E-state index is 11.2. The summed E-state index contributed by atoms with van der Waals surface area (Å²) in [5.41, 5.74) is 0.672. The van der Waals surface area contributed by atoms with Gasteiger partial charge in [0.25, 0.3) is 0 Å². The zero-order valence-corrected chi connectivity index (χ0v) is 8.64. The smallest absolute Gasteiger partial charge is 0.309 e. The largest absolute Gasteiger partial charge is 0.395 e. The molecule has 1 heterocycles. The summed E-state index contributed by atoms with van der Waals surface area (Å²) in [4.78, 5) is 26.2. The molecule has 0 saturated heterocycles. The molecule has 0 unspecified atom stereocenters. The Balaban J connectivity index is 2.32. The standard InChI is InChI=1S/C10H13N3O3/c14-6-5-12-9(15)10(16)13-7-8-3-1-2-4-11-8/h1-4,14H,5-7H2,(H,12,15)(H,13,16). The molecular formula is C10H13N3O3. The first-order chi connectivity index (χ1) is 7.74. The number of nitrogens with zero attached hydrogens (tertiary/aromatic N) is 1. The number of aromatic nitrogens is 1. The minimum absolute atomic E-state index is 0.0653. The number of hydrogen-bond donors (Lipinski definition) is 3. The molecule has 0 aliphatic heterocycles. The van der Waals surface area contributed by atoms with Gasteiger partial charge in [-0.1, -0.05) is 6.07 Å². The molecule has 0 atom stereocenters. The Hall–Kier alpha value is -1.95. The van der Waals surface area contributed by atoms with E-state index in [4.69, 9.17) is 5.11 Å². The van der Waals surface area contributed by atoms with E-state index in [0.717, 1.165) is 0 Å². The van der Waals surface area contributed by atoms with Crippen molar-refractivity contribution in [2.45, 2.75) is 6.54 Å². The second-order valence-electron chi connectivity index (χ2n) is 2.98. The van der Waals surface area contributed by atoms with E-state index in [1.165, 1.54) is 0 Å². The minimum Gasteiger partial charge on any atom is -0.395 e. The molecule has 2 amide bonds. The van der Waals surface area contributed by atoms with E-state index in [-0.39, 0.29) is 19.7 Å². The van der Waals surface area contributed by atoms with Crippen LogP contribution in [-0.2, 0) is 16.1 Å². The number of carbonyl (C=O) groups excluding carboxylic acids is 2. The Morgan fingerprint density at radius 3 is 2.62 bits per heavy atom. The lowest BCUT2D eigenvalue weighted by Gasteiger charge is -2.04. The number of hydrogen-bond acceptors (Lipinski definition) is 4. The summed E-state index contributed by atoms with van der Waals surface area (Å²) < 4.78 is 0. The Labute approximate surface area is 92.7 Å². The van der Waals surface area contributed by atoms with Crippen molar-refractivity contribution in [1.29, 1.82) is 0 Å². The van der Waals surface area contributed by atoms with Crippen LogP contribution in [0.1, 0.15) is 5.69 Å². The lowest BCUT2D eigenvalue weighted by Crippen LogP contribution is -2.40. The lowest BCUT2D eigenvalue weighted by atomic mass is 10.3. The highest BCUT2D eigenvalue weighted by Crippen LogP contribution is 1.91. The zero-order valence-electron chi connectivity index (χ0n) is 8.64. The summed E-state index contributed by atoms with van der Waals surface area (Å²) in [6.45, 7) is 0.0708. The molecule has 0 aromatic carbocycles. The normalized spacial score (nSPS) is 9.56. The second-order valence-corrected chi connectivity index (χ2v) is 2.98. The van der Waals surface area contributed by atoms with Gasteiger partial charge in [0, 0.05) is 12.7 Å². The van der Waals surface area contributed by atoms with Gasteiger partial charge in [0.1, 0.15) is 0 Å². The second kappa shape index (κ2) is 6.52. The molecule has 0 radical (unpaired) electrons. The third kappa shape index (κ3) is 4.05. The third-order valence-electron chi connectivity index (χ3n) is 1.76. The van der Waals surface area contributed by atoms with Gasteiger partial charge in [0.05, 0.1) is 18.8 Å². The highest BCUT2D eigenvalue weighted by atomic mass is 16.3. The molecule has 0 spiro atoms. The van der Waals surface area contributed by atoms with Gasteiger partial charge in [-0.05, 0) is 12.1 Å². The van der Waals surface area contributed by atoms with Crippen LogP contribution in [0.4, 0.5) is 0 Å². The summed E-state index contributed by atoms with van der Waals surface area (Å²) in [5, 5.41) is 13.1. The maximum atomic E-state index is 11.2. The topological polar surface area (TPSA) is 91.3 Å². The number of rotatable bonds is 4. The Kier molecular flexibility index (Phi) is 4.94. The van der Waals surface area contributed by atoms with Crippen LogP contribution >= 0.6 is 0 Å². The molecule has 16 heavy (non-hydrogen) atoms. The van der Waals surface area contributed by atoms with E-state index >= 15 is 0 Å². The first-order valence-corrected chi connectivity index (χ1v) is 4.81. The molecular weight excluding hydrogens is 210 g/mol. The predicted octanol–water partition coefficient (Wildman–Crippen LogP) is -1.19. The lowest BCUT2D eigenvalue weighted by molar-refractivity contribution is -0.139. The molecule has 0 aliphatic rings. The first-order valence-electron chi connectivity index (χ1n) is 4.81. The van der Waals surface area contributed by atoms with Crippen LogP contribution in [0, 0.1) is 0 Å². The first kappa shape index (κ1) is 12.1. The monoisotopic (exact) mass is 223 g/mol. The Morgan fingerprint density at radius 1 is 1.25 bits per heavy atom. The van der Waals surface area contributed by atoms with E-state index < -0.39 is 11.8 Å². The molecule has 86 valence electrons. The molecule has 6 nitrogen and oxygen atoms in total. The quantitative estimate of drug-likeness (QED) is 0.559. The fourth-order valence-electron chi connectivity index (χ4n) is 1.00. The van der Waals surface area contributed by atoms with Crippen molar-refractivity contribution in [3.8, 4) is 0 Å². The molecule has 0 saturated carbocycles. The number of nitrogens with one attached hydrogen (secondary N) is 2. The maximum Gasteiger partial charge on any atom is 0.309 e. The van der Waals surface area contributed by atoms with Gasteiger partial charge in [0.2, 0.25) is 0 Å². The molecule has 1 aromatic heterocycles. The van der Waals surface area contributed by atoms with Gasteiger partial charge in [-0.2, -0.15) is 0 Å². The van der Waals surface area contributed by atoms with Crippen LogP contribution in [0.2, 0.25) is 0 Å². The fourth-order valence-corrected chi connectivity index (χ4v) is 1.00. The average molecular weight is 223 g/mol. The molecule has 1 aromatic rings. The SMILES string of the molecule is O=C(NCCO)C(=O)NCc1ccccn1. The van der Waals surface area contributed by atoms with Gasteiger partial charge in [-0.15, -0.1) is 0 Å². The summed E-state index contributed by atoms with van der Waals surface area (Å²) in [6, 6.07) is 5.30. The van der Waals surface area contributed by atoms with Crippen molar-refractivity contribution < 1.29 is 14.7 Å². The highest BCUT2D eigenvalue weighted by molar-refractivity contribution is 6.35. The zero-order chi connectivity index (χ0) is 11.8. The van der Waals surface area contributed by atoms with Crippen molar-refractivity contribution in [1.82, 2.24) is 15.6 Å². The predicted molar refractivity (Wildman–Crippen MR) is 56.2 cm³/mol. The summed E-state index contributed by atoms with van der Waals surface area (Å²) >= 11 is 0. The molecule has 3 N–H and O–H groups in total. The van der Waals surface area contributed by atoms with Gasteiger partial charge < -0.3 is 15.7 Å². The van der Waals surface area contributed by atoms with E-state index in [1.54, 1.807) is 24.4 Å². The average Bonchev–Trinajstić information content (AvgIpc) is 2.34. The molecule has 0 aliphatic carbocycles. The van der Waals surface area contributed by atoms with Crippen LogP contribution in [0.5, 0.6) is 0 Å². The number of amides is 2. The van der Waals surface area contributed by atoms with Crippen molar-refractivity contribution >= 4 is 11.8 Å². The number of carbonyl (C=O) groups is 2. The molecule has 0 fully saturated rings. The van der Waals surface area contributed by atoms with Gasteiger partial charge in [0.15, 0.2) is 0 Å². The van der Waals surface area contributed by atoms with Crippen molar-refractivity contribution in [2.75, 3.05) is 13.2 Å². The number of aliphatic hydroxyl groups is 1. The number of pyridine rings is 1. The van der Waals surface area contributed by atoms with Crippen molar-refractivity contribution in [3.05, 3.63) is 30.1 Å². The van der Waals surface area contributed by atoms with Crippen molar-refractivity contribution in [3.63, 3.8) is 0 Å². The Bertz CT molecular complexity index is 354. The van der Waals surface area contributed by atoms with Gasteiger partial charge in [-0.3, -0.25) is 14.6 Å². The Morgan fingerprint density at radius 2 is 2.00 bits per heavy atom. The number of aliphatic hydroxyl groups excluding tert-OH is 1. The van der Waals surface area contributed by atoms with Crippen LogP contribution in [0.3, 0.4) is 0 Å². The van der Waals surface area contributed by atoms with Gasteiger partial charge >= 0.3 is 11.8 Å². The van der Waals surface area contributed by atoms with Crippen LogP contribution < -0.4 is 10.6 Å². The minimum atomic E-state index is -0.759. The van der Waals surface area contributed by atoms with Crippen LogP contribution in [0.25, 0.3) is 0 Å². The van der Waals surface area contributed by atoms with E-state index in [0.29, 0.717) is 5.69 Å². The van der Waals surface area contributed by atoms with Gasteiger partial charge in [-0.25, -0.2) is 0 Å². The fraction of sp³-hybridized carbons (Fsp3) is 0.300. The molecule has 1 rings (SSSR count). The summed E-state index contributed by atoms with van der Waals surface area (Å²) in [6.07, 6.45) is 1.60. The van der Waals surface area contributed by atoms with E-state index in [9.17, 15) is 9.59 Å². The van der Waals surface area contributed by atoms with Crippen LogP contribution in [0.15, 0.2) is 24.4 Å². The van der Waals surface area contributed by atoms with E-state index in [1.807, 2.05) is 0 Å². The van der Waals surface area contributed by atoms with Crippen LogP contribution in [-0.4, -0.2) is 35.1 Å². The molecule has 0 bridgehead atoms. The highest BCUT2D eigenvalue weighted by Gasteiger charge is 2.11. The van der Waals surface area contributed by atoms with Crippen molar-refractivity contribution in [2.24, 2.45) is 0 Å². The summed E-state index contributed by atoms with van der Waals surface area (Å²) in [5.74, 6) is -1.50. The van der Waals surface area contributed by atoms with E-state index in [2.05, 4.69) is 15.6 Å². The third-order valence-corrected chi connectivity index (χ3v) is 1.76.